The predicted octanol–water partition coefficient (Wildman–Crippen LogP) is 2.92. The number of hydrogen-bond acceptors (Lipinski definition) is 2. The van der Waals surface area contributed by atoms with Crippen LogP contribution in [0.4, 0.5) is 5.69 Å². The first-order valence-electron chi connectivity index (χ1n) is 6.96. The summed E-state index contributed by atoms with van der Waals surface area (Å²) in [5.74, 6) is 0. The molecule has 0 amide bonds. The highest BCUT2D eigenvalue weighted by atomic mass is 14.9. The standard InChI is InChI=1S/C17H20N2/c18-17-8-4-3-7-15(17)12-19-16-10-9-13-5-1-2-6-14(13)11-16/h1-8,16,19H,9-12,18H2. The third-order valence-electron chi connectivity index (χ3n) is 3.98. The lowest BCUT2D eigenvalue weighted by Crippen LogP contribution is -2.34. The Labute approximate surface area is 114 Å². The molecule has 0 radical (unpaired) electrons. The molecule has 0 spiro atoms. The summed E-state index contributed by atoms with van der Waals surface area (Å²) in [6.45, 7) is 0.861. The zero-order valence-electron chi connectivity index (χ0n) is 11.1. The summed E-state index contributed by atoms with van der Waals surface area (Å²) in [7, 11) is 0. The maximum atomic E-state index is 5.97. The van der Waals surface area contributed by atoms with E-state index in [2.05, 4.69) is 35.6 Å². The number of nitrogens with two attached hydrogens (primary N) is 1. The number of para-hydroxylation sites is 1. The van der Waals surface area contributed by atoms with Crippen molar-refractivity contribution in [3.05, 3.63) is 65.2 Å². The maximum absolute atomic E-state index is 5.97. The molecule has 1 unspecified atom stereocenters. The second kappa shape index (κ2) is 5.45. The lowest BCUT2D eigenvalue weighted by Gasteiger charge is -2.25. The van der Waals surface area contributed by atoms with Gasteiger partial charge in [0.05, 0.1) is 0 Å². The van der Waals surface area contributed by atoms with Gasteiger partial charge in [0.15, 0.2) is 0 Å². The summed E-state index contributed by atoms with van der Waals surface area (Å²) < 4.78 is 0. The van der Waals surface area contributed by atoms with Gasteiger partial charge in [-0.1, -0.05) is 42.5 Å². The largest absolute Gasteiger partial charge is 0.398 e. The minimum Gasteiger partial charge on any atom is -0.398 e. The Morgan fingerprint density at radius 3 is 2.58 bits per heavy atom. The molecule has 0 aliphatic heterocycles. The molecule has 1 aliphatic rings. The molecule has 0 bridgehead atoms. The second-order valence-corrected chi connectivity index (χ2v) is 5.29. The Kier molecular flexibility index (Phi) is 3.51. The van der Waals surface area contributed by atoms with Crippen molar-refractivity contribution in [3.8, 4) is 0 Å². The molecule has 2 aromatic rings. The normalized spacial score (nSPS) is 18.0. The molecule has 0 heterocycles. The summed E-state index contributed by atoms with van der Waals surface area (Å²) in [6, 6.07) is 17.4. The van der Waals surface area contributed by atoms with E-state index in [1.807, 2.05) is 18.2 Å². The van der Waals surface area contributed by atoms with E-state index in [0.29, 0.717) is 6.04 Å². The third kappa shape index (κ3) is 2.79. The molecule has 1 aliphatic carbocycles. The van der Waals surface area contributed by atoms with Crippen molar-refractivity contribution >= 4 is 5.69 Å². The minimum atomic E-state index is 0.564. The molecule has 98 valence electrons. The first kappa shape index (κ1) is 12.2. The van der Waals surface area contributed by atoms with E-state index in [9.17, 15) is 0 Å². The summed E-state index contributed by atoms with van der Waals surface area (Å²) in [4.78, 5) is 0. The predicted molar refractivity (Wildman–Crippen MR) is 79.9 cm³/mol. The average Bonchev–Trinajstić information content (AvgIpc) is 2.46. The molecule has 0 aromatic heterocycles. The van der Waals surface area contributed by atoms with Crippen LogP contribution in [0.15, 0.2) is 48.5 Å². The van der Waals surface area contributed by atoms with Gasteiger partial charge >= 0.3 is 0 Å². The lowest BCUT2D eigenvalue weighted by atomic mass is 9.88. The number of anilines is 1. The molecular weight excluding hydrogens is 232 g/mol. The molecule has 0 fully saturated rings. The summed E-state index contributed by atoms with van der Waals surface area (Å²) >= 11 is 0. The molecule has 3 rings (SSSR count). The van der Waals surface area contributed by atoms with E-state index in [1.165, 1.54) is 29.5 Å². The molecule has 2 heteroatoms. The quantitative estimate of drug-likeness (QED) is 0.824. The maximum Gasteiger partial charge on any atom is 0.0359 e. The van der Waals surface area contributed by atoms with E-state index < -0.39 is 0 Å². The number of rotatable bonds is 3. The highest BCUT2D eigenvalue weighted by Crippen LogP contribution is 2.21. The van der Waals surface area contributed by atoms with E-state index in [0.717, 1.165) is 18.7 Å². The SMILES string of the molecule is Nc1ccccc1CNC1CCc2ccccc2C1. The van der Waals surface area contributed by atoms with Gasteiger partial charge in [0.25, 0.3) is 0 Å². The summed E-state index contributed by atoms with van der Waals surface area (Å²) in [6.07, 6.45) is 3.52. The number of nitrogens with one attached hydrogen (secondary N) is 1. The average molecular weight is 252 g/mol. The van der Waals surface area contributed by atoms with Gasteiger partial charge in [-0.05, 0) is 42.0 Å². The molecule has 2 nitrogen and oxygen atoms in total. The summed E-state index contributed by atoms with van der Waals surface area (Å²) in [5, 5.41) is 3.64. The van der Waals surface area contributed by atoms with Crippen LogP contribution in [0.2, 0.25) is 0 Å². The Bertz CT molecular complexity index is 563. The van der Waals surface area contributed by atoms with Crippen molar-refractivity contribution in [2.45, 2.75) is 31.8 Å². The van der Waals surface area contributed by atoms with Crippen molar-refractivity contribution in [2.24, 2.45) is 0 Å². The van der Waals surface area contributed by atoms with Crippen LogP contribution in [-0.2, 0) is 19.4 Å². The van der Waals surface area contributed by atoms with Crippen LogP contribution in [0.1, 0.15) is 23.1 Å². The van der Waals surface area contributed by atoms with Crippen LogP contribution < -0.4 is 11.1 Å². The van der Waals surface area contributed by atoms with Crippen LogP contribution in [0.5, 0.6) is 0 Å². The van der Waals surface area contributed by atoms with E-state index in [1.54, 1.807) is 0 Å². The highest BCUT2D eigenvalue weighted by molar-refractivity contribution is 5.46. The van der Waals surface area contributed by atoms with E-state index in [4.69, 9.17) is 5.73 Å². The van der Waals surface area contributed by atoms with Crippen LogP contribution in [0.25, 0.3) is 0 Å². The van der Waals surface area contributed by atoms with Gasteiger partial charge in [0.2, 0.25) is 0 Å². The third-order valence-corrected chi connectivity index (χ3v) is 3.98. The van der Waals surface area contributed by atoms with E-state index >= 15 is 0 Å². The van der Waals surface area contributed by atoms with Gasteiger partial charge in [-0.25, -0.2) is 0 Å². The molecule has 3 N–H and O–H groups in total. The molecule has 0 saturated heterocycles. The van der Waals surface area contributed by atoms with Gasteiger partial charge in [0, 0.05) is 18.3 Å². The lowest BCUT2D eigenvalue weighted by molar-refractivity contribution is 0.458. The van der Waals surface area contributed by atoms with Crippen LogP contribution in [0.3, 0.4) is 0 Å². The minimum absolute atomic E-state index is 0.564. The number of fused-ring (bicyclic) bond motifs is 1. The monoisotopic (exact) mass is 252 g/mol. The van der Waals surface area contributed by atoms with Gasteiger partial charge < -0.3 is 11.1 Å². The number of benzene rings is 2. The van der Waals surface area contributed by atoms with Crippen LogP contribution in [-0.4, -0.2) is 6.04 Å². The van der Waals surface area contributed by atoms with Crippen LogP contribution in [0, 0.1) is 0 Å². The number of nitrogen functional groups attached to an aromatic ring is 1. The topological polar surface area (TPSA) is 38.0 Å². The van der Waals surface area contributed by atoms with Gasteiger partial charge in [0.1, 0.15) is 0 Å². The Morgan fingerprint density at radius 2 is 1.74 bits per heavy atom. The fraction of sp³-hybridized carbons (Fsp3) is 0.294. The Balaban J connectivity index is 1.62. The van der Waals surface area contributed by atoms with Gasteiger partial charge in [-0.15, -0.1) is 0 Å². The van der Waals surface area contributed by atoms with Gasteiger partial charge in [-0.3, -0.25) is 0 Å². The highest BCUT2D eigenvalue weighted by Gasteiger charge is 2.17. The van der Waals surface area contributed by atoms with Crippen molar-refractivity contribution in [1.29, 1.82) is 0 Å². The van der Waals surface area contributed by atoms with Crippen molar-refractivity contribution in [2.75, 3.05) is 5.73 Å². The fourth-order valence-electron chi connectivity index (χ4n) is 2.82. The Hall–Kier alpha value is -1.80. The van der Waals surface area contributed by atoms with Crippen molar-refractivity contribution in [3.63, 3.8) is 0 Å². The second-order valence-electron chi connectivity index (χ2n) is 5.29. The fourth-order valence-corrected chi connectivity index (χ4v) is 2.82. The van der Waals surface area contributed by atoms with Crippen molar-refractivity contribution < 1.29 is 0 Å². The summed E-state index contributed by atoms with van der Waals surface area (Å²) in [5.41, 5.74) is 11.1. The van der Waals surface area contributed by atoms with Crippen molar-refractivity contribution in [1.82, 2.24) is 5.32 Å². The van der Waals surface area contributed by atoms with Gasteiger partial charge in [-0.2, -0.15) is 0 Å². The number of hydrogen-bond donors (Lipinski definition) is 2. The molecule has 19 heavy (non-hydrogen) atoms. The first-order chi connectivity index (χ1) is 9.33. The molecule has 2 aromatic carbocycles. The first-order valence-corrected chi connectivity index (χ1v) is 6.96. The molecule has 0 saturated carbocycles. The molecule has 1 atom stereocenters. The van der Waals surface area contributed by atoms with E-state index in [-0.39, 0.29) is 0 Å². The molecular formula is C17H20N2. The van der Waals surface area contributed by atoms with Crippen LogP contribution >= 0.6 is 0 Å². The zero-order chi connectivity index (χ0) is 13.1. The number of aryl methyl sites for hydroxylation is 1. The Morgan fingerprint density at radius 1 is 1.00 bits per heavy atom. The smallest absolute Gasteiger partial charge is 0.0359 e. The zero-order valence-corrected chi connectivity index (χ0v) is 11.1.